The minimum absolute atomic E-state index is 0.214. The summed E-state index contributed by atoms with van der Waals surface area (Å²) in [5.74, 6) is 0.214. The summed E-state index contributed by atoms with van der Waals surface area (Å²) in [4.78, 5) is 9.19. The predicted octanol–water partition coefficient (Wildman–Crippen LogP) is 3.35. The highest BCUT2D eigenvalue weighted by Gasteiger charge is 2.11. The van der Waals surface area contributed by atoms with E-state index < -0.39 is 0 Å². The standard InChI is InChI=1S/C13H12ClN3S/c14-11-7-12(17-13(15)16-11)18-10-5-4-8-2-1-3-9(8)6-10/h4-7H,1-3H2,(H2,15,16,17). The molecule has 1 aromatic carbocycles. The molecule has 18 heavy (non-hydrogen) atoms. The molecule has 2 aromatic rings. The highest BCUT2D eigenvalue weighted by Crippen LogP contribution is 2.32. The lowest BCUT2D eigenvalue weighted by Gasteiger charge is -2.05. The van der Waals surface area contributed by atoms with Crippen LogP contribution in [0.5, 0.6) is 0 Å². The molecule has 0 saturated heterocycles. The van der Waals surface area contributed by atoms with Gasteiger partial charge in [0.25, 0.3) is 0 Å². The van der Waals surface area contributed by atoms with Crippen LogP contribution in [-0.2, 0) is 12.8 Å². The summed E-state index contributed by atoms with van der Waals surface area (Å²) in [6.07, 6.45) is 3.64. The molecule has 2 N–H and O–H groups in total. The molecule has 3 nitrogen and oxygen atoms in total. The van der Waals surface area contributed by atoms with E-state index in [-0.39, 0.29) is 5.95 Å². The Morgan fingerprint density at radius 1 is 1.11 bits per heavy atom. The molecule has 1 heterocycles. The Morgan fingerprint density at radius 3 is 2.78 bits per heavy atom. The third-order valence-electron chi connectivity index (χ3n) is 2.98. The topological polar surface area (TPSA) is 51.8 Å². The Bertz CT molecular complexity index is 581. The van der Waals surface area contributed by atoms with Crippen molar-refractivity contribution < 1.29 is 0 Å². The van der Waals surface area contributed by atoms with Crippen molar-refractivity contribution in [3.63, 3.8) is 0 Å². The van der Waals surface area contributed by atoms with Gasteiger partial charge in [0.1, 0.15) is 10.2 Å². The summed E-state index contributed by atoms with van der Waals surface area (Å²) in [6.45, 7) is 0. The van der Waals surface area contributed by atoms with Crippen molar-refractivity contribution in [3.05, 3.63) is 40.5 Å². The number of fused-ring (bicyclic) bond motifs is 1. The third-order valence-corrected chi connectivity index (χ3v) is 4.08. The summed E-state index contributed by atoms with van der Waals surface area (Å²) in [6, 6.07) is 8.30. The van der Waals surface area contributed by atoms with Crippen molar-refractivity contribution in [3.8, 4) is 0 Å². The third kappa shape index (κ3) is 2.44. The van der Waals surface area contributed by atoms with E-state index >= 15 is 0 Å². The van der Waals surface area contributed by atoms with Gasteiger partial charge in [0.2, 0.25) is 5.95 Å². The second-order valence-electron chi connectivity index (χ2n) is 4.27. The molecule has 0 amide bonds. The van der Waals surface area contributed by atoms with Crippen LogP contribution in [0, 0.1) is 0 Å². The van der Waals surface area contributed by atoms with Gasteiger partial charge in [-0.25, -0.2) is 9.97 Å². The molecule has 0 unspecified atom stereocenters. The lowest BCUT2D eigenvalue weighted by Crippen LogP contribution is -1.95. The van der Waals surface area contributed by atoms with Crippen LogP contribution in [0.3, 0.4) is 0 Å². The molecule has 0 atom stereocenters. The normalized spacial score (nSPS) is 13.6. The molecular weight excluding hydrogens is 266 g/mol. The summed E-state index contributed by atoms with van der Waals surface area (Å²) in [5, 5.41) is 1.16. The summed E-state index contributed by atoms with van der Waals surface area (Å²) >= 11 is 7.43. The minimum Gasteiger partial charge on any atom is -0.368 e. The van der Waals surface area contributed by atoms with E-state index in [4.69, 9.17) is 17.3 Å². The minimum atomic E-state index is 0.214. The van der Waals surface area contributed by atoms with E-state index in [1.165, 1.54) is 35.3 Å². The average Bonchev–Trinajstić information content (AvgIpc) is 2.74. The molecule has 0 radical (unpaired) electrons. The zero-order valence-corrected chi connectivity index (χ0v) is 11.3. The average molecular weight is 278 g/mol. The SMILES string of the molecule is Nc1nc(Cl)cc(Sc2ccc3c(c2)CCC3)n1. The van der Waals surface area contributed by atoms with Crippen molar-refractivity contribution in [2.75, 3.05) is 5.73 Å². The first-order valence-electron chi connectivity index (χ1n) is 5.80. The molecule has 1 aliphatic rings. The fourth-order valence-electron chi connectivity index (χ4n) is 2.20. The monoisotopic (exact) mass is 277 g/mol. The Labute approximate surface area is 115 Å². The molecular formula is C13H12ClN3S. The smallest absolute Gasteiger partial charge is 0.222 e. The van der Waals surface area contributed by atoms with Crippen LogP contribution in [-0.4, -0.2) is 9.97 Å². The van der Waals surface area contributed by atoms with Crippen LogP contribution in [0.2, 0.25) is 5.15 Å². The fraction of sp³-hybridized carbons (Fsp3) is 0.231. The van der Waals surface area contributed by atoms with Gasteiger partial charge in [0.15, 0.2) is 0 Å². The van der Waals surface area contributed by atoms with E-state index in [1.807, 2.05) is 0 Å². The zero-order chi connectivity index (χ0) is 12.5. The molecule has 1 aliphatic carbocycles. The molecule has 0 aliphatic heterocycles. The lowest BCUT2D eigenvalue weighted by molar-refractivity contribution is 0.911. The van der Waals surface area contributed by atoms with Gasteiger partial charge >= 0.3 is 0 Å². The highest BCUT2D eigenvalue weighted by atomic mass is 35.5. The van der Waals surface area contributed by atoms with E-state index in [0.717, 1.165) is 5.03 Å². The number of benzene rings is 1. The lowest BCUT2D eigenvalue weighted by atomic mass is 10.1. The number of halogens is 1. The number of hydrogen-bond acceptors (Lipinski definition) is 4. The molecule has 5 heteroatoms. The predicted molar refractivity (Wildman–Crippen MR) is 74.0 cm³/mol. The van der Waals surface area contributed by atoms with Crippen LogP contribution < -0.4 is 5.73 Å². The largest absolute Gasteiger partial charge is 0.368 e. The Balaban J connectivity index is 1.88. The summed E-state index contributed by atoms with van der Waals surface area (Å²) in [5.41, 5.74) is 8.51. The van der Waals surface area contributed by atoms with Gasteiger partial charge in [0.05, 0.1) is 0 Å². The van der Waals surface area contributed by atoms with Crippen LogP contribution in [0.15, 0.2) is 34.2 Å². The van der Waals surface area contributed by atoms with Crippen molar-refractivity contribution in [2.45, 2.75) is 29.2 Å². The van der Waals surface area contributed by atoms with Gasteiger partial charge in [-0.1, -0.05) is 29.4 Å². The van der Waals surface area contributed by atoms with Crippen molar-refractivity contribution >= 4 is 29.3 Å². The van der Waals surface area contributed by atoms with Gasteiger partial charge < -0.3 is 5.73 Å². The van der Waals surface area contributed by atoms with Crippen LogP contribution in [0.4, 0.5) is 5.95 Å². The van der Waals surface area contributed by atoms with Gasteiger partial charge in [-0.2, -0.15) is 0 Å². The van der Waals surface area contributed by atoms with Gasteiger partial charge in [-0.15, -0.1) is 0 Å². The van der Waals surface area contributed by atoms with Gasteiger partial charge in [0, 0.05) is 11.0 Å². The highest BCUT2D eigenvalue weighted by molar-refractivity contribution is 7.99. The van der Waals surface area contributed by atoms with Crippen LogP contribution in [0.25, 0.3) is 0 Å². The number of anilines is 1. The summed E-state index contributed by atoms with van der Waals surface area (Å²) < 4.78 is 0. The quantitative estimate of drug-likeness (QED) is 0.856. The van der Waals surface area contributed by atoms with E-state index in [0.29, 0.717) is 5.15 Å². The molecule has 0 saturated carbocycles. The number of hydrogen-bond donors (Lipinski definition) is 1. The number of nitrogens with two attached hydrogens (primary N) is 1. The number of rotatable bonds is 2. The van der Waals surface area contributed by atoms with Crippen molar-refractivity contribution in [2.24, 2.45) is 0 Å². The summed E-state index contributed by atoms with van der Waals surface area (Å²) in [7, 11) is 0. The first kappa shape index (κ1) is 11.8. The second-order valence-corrected chi connectivity index (χ2v) is 5.75. The number of aromatic nitrogens is 2. The van der Waals surface area contributed by atoms with Crippen LogP contribution >= 0.6 is 23.4 Å². The molecule has 1 aromatic heterocycles. The Kier molecular flexibility index (Phi) is 3.14. The second kappa shape index (κ2) is 4.78. The molecule has 0 fully saturated rings. The molecule has 0 bridgehead atoms. The molecule has 0 spiro atoms. The number of aryl methyl sites for hydroxylation is 2. The first-order chi connectivity index (χ1) is 8.70. The number of nitrogen functional groups attached to an aromatic ring is 1. The maximum atomic E-state index is 5.87. The van der Waals surface area contributed by atoms with E-state index in [2.05, 4.69) is 28.2 Å². The van der Waals surface area contributed by atoms with Crippen LogP contribution in [0.1, 0.15) is 17.5 Å². The van der Waals surface area contributed by atoms with Crippen molar-refractivity contribution in [1.29, 1.82) is 0 Å². The maximum absolute atomic E-state index is 5.87. The Morgan fingerprint density at radius 2 is 1.94 bits per heavy atom. The van der Waals surface area contributed by atoms with Crippen molar-refractivity contribution in [1.82, 2.24) is 9.97 Å². The zero-order valence-electron chi connectivity index (χ0n) is 9.69. The molecule has 3 rings (SSSR count). The maximum Gasteiger partial charge on any atom is 0.222 e. The van der Waals surface area contributed by atoms with Gasteiger partial charge in [-0.3, -0.25) is 0 Å². The van der Waals surface area contributed by atoms with E-state index in [1.54, 1.807) is 17.8 Å². The Hall–Kier alpha value is -1.26. The molecule has 92 valence electrons. The first-order valence-corrected chi connectivity index (χ1v) is 7.00. The van der Waals surface area contributed by atoms with E-state index in [9.17, 15) is 0 Å². The fourth-order valence-corrected chi connectivity index (χ4v) is 3.34. The van der Waals surface area contributed by atoms with Gasteiger partial charge in [-0.05, 0) is 42.5 Å². The number of nitrogens with zero attached hydrogens (tertiary/aromatic N) is 2.